The maximum absolute atomic E-state index is 11.4. The second kappa shape index (κ2) is 8.16. The van der Waals surface area contributed by atoms with Crippen molar-refractivity contribution in [3.63, 3.8) is 0 Å². The van der Waals surface area contributed by atoms with Gasteiger partial charge in [0.15, 0.2) is 0 Å². The predicted molar refractivity (Wildman–Crippen MR) is 73.3 cm³/mol. The van der Waals surface area contributed by atoms with E-state index in [2.05, 4.69) is 10.6 Å². The van der Waals surface area contributed by atoms with Crippen molar-refractivity contribution in [2.75, 3.05) is 0 Å². The number of carboxylic acid groups (broad SMARTS) is 1. The average Bonchev–Trinajstić information content (AvgIpc) is 2.37. The van der Waals surface area contributed by atoms with Crippen molar-refractivity contribution in [2.24, 2.45) is 0 Å². The van der Waals surface area contributed by atoms with Crippen LogP contribution in [0.2, 0.25) is 5.02 Å². The third-order valence-corrected chi connectivity index (χ3v) is 2.67. The Labute approximate surface area is 121 Å². The highest BCUT2D eigenvalue weighted by Gasteiger charge is 2.08. The molecule has 0 aliphatic rings. The maximum Gasteiger partial charge on any atom is 0.321 e. The summed E-state index contributed by atoms with van der Waals surface area (Å²) in [5.74, 6) is -1.47. The van der Waals surface area contributed by atoms with Crippen LogP contribution >= 0.6 is 11.6 Å². The van der Waals surface area contributed by atoms with Crippen molar-refractivity contribution in [2.45, 2.75) is 25.8 Å². The highest BCUT2D eigenvalue weighted by molar-refractivity contribution is 6.30. The zero-order chi connectivity index (χ0) is 15.0. The molecule has 0 saturated carbocycles. The van der Waals surface area contributed by atoms with Gasteiger partial charge in [-0.3, -0.25) is 14.9 Å². The Kier molecular flexibility index (Phi) is 6.52. The zero-order valence-corrected chi connectivity index (χ0v) is 11.4. The number of imide groups is 1. The van der Waals surface area contributed by atoms with Crippen LogP contribution in [0, 0.1) is 0 Å². The molecular formula is C13H15ClN2O4. The second-order valence-corrected chi connectivity index (χ2v) is 4.54. The molecule has 0 saturated heterocycles. The van der Waals surface area contributed by atoms with Gasteiger partial charge in [0.2, 0.25) is 5.91 Å². The lowest BCUT2D eigenvalue weighted by molar-refractivity contribution is -0.137. The fourth-order valence-electron chi connectivity index (χ4n) is 1.42. The van der Waals surface area contributed by atoms with Gasteiger partial charge in [0.05, 0.1) is 0 Å². The molecule has 108 valence electrons. The Morgan fingerprint density at radius 2 is 1.75 bits per heavy atom. The molecule has 0 fully saturated rings. The Bertz CT molecular complexity index is 488. The number of benzene rings is 1. The number of halogens is 1. The van der Waals surface area contributed by atoms with Gasteiger partial charge in [-0.25, -0.2) is 4.79 Å². The average molecular weight is 299 g/mol. The Morgan fingerprint density at radius 1 is 1.10 bits per heavy atom. The zero-order valence-electron chi connectivity index (χ0n) is 10.7. The first-order valence-electron chi connectivity index (χ1n) is 6.01. The molecule has 0 unspecified atom stereocenters. The lowest BCUT2D eigenvalue weighted by Gasteiger charge is -2.06. The number of hydrogen-bond acceptors (Lipinski definition) is 3. The van der Waals surface area contributed by atoms with Gasteiger partial charge in [0.25, 0.3) is 0 Å². The van der Waals surface area contributed by atoms with E-state index in [1.54, 1.807) is 24.3 Å². The van der Waals surface area contributed by atoms with Gasteiger partial charge in [-0.1, -0.05) is 23.7 Å². The molecule has 7 heteroatoms. The monoisotopic (exact) mass is 298 g/mol. The summed E-state index contributed by atoms with van der Waals surface area (Å²) in [6.45, 7) is 0.269. The topological polar surface area (TPSA) is 95.5 Å². The molecule has 1 aromatic carbocycles. The standard InChI is InChI=1S/C13H15ClN2O4/c14-10-6-4-9(5-7-10)8-15-13(20)16-11(17)2-1-3-12(18)19/h4-7H,1-3,8H2,(H,18,19)(H2,15,16,17,20). The van der Waals surface area contributed by atoms with Gasteiger partial charge >= 0.3 is 12.0 Å². The molecule has 0 aliphatic heterocycles. The summed E-state index contributed by atoms with van der Waals surface area (Å²) < 4.78 is 0. The van der Waals surface area contributed by atoms with E-state index >= 15 is 0 Å². The van der Waals surface area contributed by atoms with Crippen LogP contribution in [0.4, 0.5) is 4.79 Å². The summed E-state index contributed by atoms with van der Waals surface area (Å²) in [5, 5.41) is 13.7. The molecule has 0 aliphatic carbocycles. The Balaban J connectivity index is 2.24. The molecule has 20 heavy (non-hydrogen) atoms. The first-order valence-corrected chi connectivity index (χ1v) is 6.39. The molecule has 0 spiro atoms. The molecule has 1 aromatic rings. The van der Waals surface area contributed by atoms with E-state index in [9.17, 15) is 14.4 Å². The third-order valence-electron chi connectivity index (χ3n) is 2.41. The molecule has 3 amide bonds. The minimum Gasteiger partial charge on any atom is -0.481 e. The molecule has 0 heterocycles. The Hall–Kier alpha value is -2.08. The molecule has 0 atom stereocenters. The minimum atomic E-state index is -0.968. The molecular weight excluding hydrogens is 284 g/mol. The van der Waals surface area contributed by atoms with Crippen LogP contribution in [0.3, 0.4) is 0 Å². The van der Waals surface area contributed by atoms with Crippen molar-refractivity contribution < 1.29 is 19.5 Å². The van der Waals surface area contributed by atoms with Gasteiger partial charge in [-0.05, 0) is 24.1 Å². The van der Waals surface area contributed by atoms with E-state index in [-0.39, 0.29) is 25.8 Å². The quantitative estimate of drug-likeness (QED) is 0.747. The second-order valence-electron chi connectivity index (χ2n) is 4.10. The van der Waals surface area contributed by atoms with Crippen LogP contribution in [-0.4, -0.2) is 23.0 Å². The van der Waals surface area contributed by atoms with Crippen molar-refractivity contribution in [3.05, 3.63) is 34.9 Å². The van der Waals surface area contributed by atoms with E-state index < -0.39 is 17.9 Å². The lowest BCUT2D eigenvalue weighted by Crippen LogP contribution is -2.39. The van der Waals surface area contributed by atoms with Crippen molar-refractivity contribution in [1.29, 1.82) is 0 Å². The summed E-state index contributed by atoms with van der Waals surface area (Å²) in [7, 11) is 0. The van der Waals surface area contributed by atoms with Gasteiger partial charge in [0.1, 0.15) is 0 Å². The molecule has 1 rings (SSSR count). The summed E-state index contributed by atoms with van der Waals surface area (Å²) in [6, 6.07) is 6.32. The first-order chi connectivity index (χ1) is 9.47. The molecule has 3 N–H and O–H groups in total. The van der Waals surface area contributed by atoms with Gasteiger partial charge in [0, 0.05) is 24.4 Å². The normalized spacial score (nSPS) is 9.85. The smallest absolute Gasteiger partial charge is 0.321 e. The summed E-state index contributed by atoms with van der Waals surface area (Å²) in [5.41, 5.74) is 0.850. The number of carbonyl (C=O) groups is 3. The highest BCUT2D eigenvalue weighted by atomic mass is 35.5. The lowest BCUT2D eigenvalue weighted by atomic mass is 10.2. The van der Waals surface area contributed by atoms with E-state index in [4.69, 9.17) is 16.7 Å². The summed E-state index contributed by atoms with van der Waals surface area (Å²) in [4.78, 5) is 33.0. The number of amides is 3. The summed E-state index contributed by atoms with van der Waals surface area (Å²) >= 11 is 5.73. The number of urea groups is 1. The molecule has 6 nitrogen and oxygen atoms in total. The third kappa shape index (κ3) is 6.75. The van der Waals surface area contributed by atoms with Crippen molar-refractivity contribution in [1.82, 2.24) is 10.6 Å². The van der Waals surface area contributed by atoms with Gasteiger partial charge in [-0.15, -0.1) is 0 Å². The first kappa shape index (κ1) is 16.0. The van der Waals surface area contributed by atoms with Crippen LogP contribution in [0.15, 0.2) is 24.3 Å². The van der Waals surface area contributed by atoms with Gasteiger partial charge < -0.3 is 10.4 Å². The summed E-state index contributed by atoms with van der Waals surface area (Å²) in [6.07, 6.45) is 0.103. The van der Waals surface area contributed by atoms with Crippen LogP contribution in [0.1, 0.15) is 24.8 Å². The number of hydrogen-bond donors (Lipinski definition) is 3. The van der Waals surface area contributed by atoms with E-state index in [0.717, 1.165) is 5.56 Å². The predicted octanol–water partition coefficient (Wildman–Crippen LogP) is 1.92. The van der Waals surface area contributed by atoms with Crippen LogP contribution in [-0.2, 0) is 16.1 Å². The van der Waals surface area contributed by atoms with Crippen molar-refractivity contribution >= 4 is 29.5 Å². The fraction of sp³-hybridized carbons (Fsp3) is 0.308. The van der Waals surface area contributed by atoms with E-state index in [1.807, 2.05) is 0 Å². The van der Waals surface area contributed by atoms with Crippen LogP contribution in [0.25, 0.3) is 0 Å². The van der Waals surface area contributed by atoms with Crippen LogP contribution in [0.5, 0.6) is 0 Å². The minimum absolute atomic E-state index is 0.000660. The van der Waals surface area contributed by atoms with Crippen molar-refractivity contribution in [3.8, 4) is 0 Å². The number of rotatable bonds is 6. The largest absolute Gasteiger partial charge is 0.481 e. The number of carboxylic acids is 1. The van der Waals surface area contributed by atoms with Gasteiger partial charge in [-0.2, -0.15) is 0 Å². The Morgan fingerprint density at radius 3 is 2.35 bits per heavy atom. The van der Waals surface area contributed by atoms with E-state index in [0.29, 0.717) is 5.02 Å². The molecule has 0 aromatic heterocycles. The van der Waals surface area contributed by atoms with E-state index in [1.165, 1.54) is 0 Å². The fourth-order valence-corrected chi connectivity index (χ4v) is 1.54. The SMILES string of the molecule is O=C(O)CCCC(=O)NC(=O)NCc1ccc(Cl)cc1. The number of nitrogens with one attached hydrogen (secondary N) is 2. The van der Waals surface area contributed by atoms with Crippen LogP contribution < -0.4 is 10.6 Å². The maximum atomic E-state index is 11.4. The molecule has 0 radical (unpaired) electrons. The number of carbonyl (C=O) groups excluding carboxylic acids is 2. The molecule has 0 bridgehead atoms. The number of aliphatic carboxylic acids is 1. The highest BCUT2D eigenvalue weighted by Crippen LogP contribution is 2.08.